The van der Waals surface area contributed by atoms with Gasteiger partial charge in [-0.25, -0.2) is 4.68 Å². The fourth-order valence-electron chi connectivity index (χ4n) is 2.06. The zero-order valence-electron chi connectivity index (χ0n) is 10.9. The van der Waals surface area contributed by atoms with Gasteiger partial charge in [0.2, 0.25) is 0 Å². The maximum absolute atomic E-state index is 12.7. The Balaban J connectivity index is 1.74. The van der Waals surface area contributed by atoms with Crippen LogP contribution < -0.4 is 0 Å². The Morgan fingerprint density at radius 3 is 2.95 bits per heavy atom. The second kappa shape index (κ2) is 5.69. The Kier molecular flexibility index (Phi) is 3.90. The Hall–Kier alpha value is -1.54. The summed E-state index contributed by atoms with van der Waals surface area (Å²) >= 11 is 1.63. The highest BCUT2D eigenvalue weighted by Gasteiger charge is 2.30. The van der Waals surface area contributed by atoms with E-state index in [0.717, 1.165) is 17.9 Å². The Morgan fingerprint density at radius 1 is 1.38 bits per heavy atom. The van der Waals surface area contributed by atoms with Gasteiger partial charge in [0.1, 0.15) is 11.1 Å². The minimum absolute atomic E-state index is 0.125. The molecule has 2 heterocycles. The lowest BCUT2D eigenvalue weighted by atomic mass is 10.1. The number of nitrogens with zero attached hydrogens (tertiary/aromatic N) is 3. The number of hydrogen-bond acceptors (Lipinski definition) is 4. The quantitative estimate of drug-likeness (QED) is 0.872. The maximum Gasteiger partial charge on any atom is 0.416 e. The first-order valence-electron chi connectivity index (χ1n) is 6.32. The number of rotatable bonds is 3. The van der Waals surface area contributed by atoms with E-state index in [1.165, 1.54) is 10.7 Å². The molecule has 0 aliphatic carbocycles. The van der Waals surface area contributed by atoms with E-state index in [9.17, 15) is 13.2 Å². The number of ether oxygens (including phenoxy) is 1. The molecule has 2 aromatic rings. The number of aromatic nitrogens is 3. The van der Waals surface area contributed by atoms with Crippen molar-refractivity contribution in [1.82, 2.24) is 15.0 Å². The summed E-state index contributed by atoms with van der Waals surface area (Å²) in [6.45, 7) is 0.921. The van der Waals surface area contributed by atoms with E-state index in [1.54, 1.807) is 24.0 Å². The Labute approximate surface area is 123 Å². The van der Waals surface area contributed by atoms with Crippen LogP contribution in [-0.4, -0.2) is 27.4 Å². The van der Waals surface area contributed by atoms with E-state index in [-0.39, 0.29) is 12.0 Å². The molecule has 1 saturated heterocycles. The third kappa shape index (κ3) is 3.38. The molecule has 1 aliphatic heterocycles. The summed E-state index contributed by atoms with van der Waals surface area (Å²) in [7, 11) is 0. The molecule has 0 spiro atoms. The number of hydrogen-bond donors (Lipinski definition) is 0. The zero-order chi connectivity index (χ0) is 14.9. The van der Waals surface area contributed by atoms with Gasteiger partial charge in [-0.1, -0.05) is 17.3 Å². The summed E-state index contributed by atoms with van der Waals surface area (Å²) < 4.78 is 45.0. The van der Waals surface area contributed by atoms with Crippen molar-refractivity contribution in [1.29, 1.82) is 0 Å². The third-order valence-electron chi connectivity index (χ3n) is 3.02. The normalized spacial score (nSPS) is 19.1. The molecule has 1 unspecified atom stereocenters. The van der Waals surface area contributed by atoms with Gasteiger partial charge < -0.3 is 4.74 Å². The molecule has 0 bridgehead atoms. The number of halogens is 3. The van der Waals surface area contributed by atoms with Crippen LogP contribution in [0.5, 0.6) is 0 Å². The second-order valence-corrected chi connectivity index (χ2v) is 5.78. The molecule has 0 N–H and O–H groups in total. The Bertz CT molecular complexity index is 623. The molecule has 8 heteroatoms. The molecular formula is C13H12F3N3OS. The summed E-state index contributed by atoms with van der Waals surface area (Å²) in [5.74, 6) is 0.908. The van der Waals surface area contributed by atoms with Crippen LogP contribution in [-0.2, 0) is 17.5 Å². The number of alkyl halides is 3. The molecule has 112 valence electrons. The molecular weight excluding hydrogens is 303 g/mol. The van der Waals surface area contributed by atoms with Gasteiger partial charge in [0.25, 0.3) is 0 Å². The van der Waals surface area contributed by atoms with Gasteiger partial charge in [0.05, 0.1) is 24.9 Å². The number of thioether (sulfide) groups is 1. The van der Waals surface area contributed by atoms with Crippen molar-refractivity contribution in [3.8, 4) is 0 Å². The fraction of sp³-hybridized carbons (Fsp3) is 0.385. The van der Waals surface area contributed by atoms with Crippen molar-refractivity contribution >= 4 is 11.8 Å². The van der Waals surface area contributed by atoms with Crippen LogP contribution in [0.3, 0.4) is 0 Å². The summed E-state index contributed by atoms with van der Waals surface area (Å²) in [6.07, 6.45) is -2.62. The summed E-state index contributed by atoms with van der Waals surface area (Å²) in [4.78, 5) is 0. The Morgan fingerprint density at radius 2 is 2.24 bits per heavy atom. The zero-order valence-corrected chi connectivity index (χ0v) is 11.7. The molecule has 1 aliphatic rings. The summed E-state index contributed by atoms with van der Waals surface area (Å²) in [5.41, 5.74) is 0.445. The molecule has 3 rings (SSSR count). The molecule has 0 amide bonds. The van der Waals surface area contributed by atoms with E-state index in [0.29, 0.717) is 17.9 Å². The van der Waals surface area contributed by atoms with Gasteiger partial charge in [-0.3, -0.25) is 0 Å². The minimum Gasteiger partial charge on any atom is -0.360 e. The third-order valence-corrected chi connectivity index (χ3v) is 4.10. The highest BCUT2D eigenvalue weighted by Crippen LogP contribution is 2.33. The lowest BCUT2D eigenvalue weighted by Gasteiger charge is -2.08. The molecule has 21 heavy (non-hydrogen) atoms. The topological polar surface area (TPSA) is 39.9 Å². The average molecular weight is 315 g/mol. The maximum atomic E-state index is 12.7. The van der Waals surface area contributed by atoms with Crippen molar-refractivity contribution in [3.63, 3.8) is 0 Å². The van der Waals surface area contributed by atoms with Crippen molar-refractivity contribution in [2.75, 3.05) is 12.4 Å². The molecule has 1 aromatic carbocycles. The molecule has 1 atom stereocenters. The van der Waals surface area contributed by atoms with Crippen LogP contribution in [0.2, 0.25) is 0 Å². The first-order chi connectivity index (χ1) is 10.0. The van der Waals surface area contributed by atoms with Crippen molar-refractivity contribution in [2.45, 2.75) is 18.2 Å². The van der Waals surface area contributed by atoms with Gasteiger partial charge >= 0.3 is 6.18 Å². The standard InChI is InChI=1S/C13H12F3N3OS/c14-13(15,16)10-3-1-2-9(6-10)7-19-8-11(17-18-19)12-20-4-5-21-12/h1-3,6,8,12H,4-5,7H2. The first kappa shape index (κ1) is 14.4. The van der Waals surface area contributed by atoms with Crippen molar-refractivity contribution in [2.24, 2.45) is 0 Å². The van der Waals surface area contributed by atoms with E-state index >= 15 is 0 Å². The van der Waals surface area contributed by atoms with Crippen LogP contribution in [0, 0.1) is 0 Å². The lowest BCUT2D eigenvalue weighted by molar-refractivity contribution is -0.137. The van der Waals surface area contributed by atoms with Crippen LogP contribution in [0.25, 0.3) is 0 Å². The summed E-state index contributed by atoms with van der Waals surface area (Å²) in [5, 5.41) is 7.95. The van der Waals surface area contributed by atoms with Crippen LogP contribution >= 0.6 is 11.8 Å². The van der Waals surface area contributed by atoms with Crippen molar-refractivity contribution < 1.29 is 17.9 Å². The number of benzene rings is 1. The summed E-state index contributed by atoms with van der Waals surface area (Å²) in [6, 6.07) is 5.21. The van der Waals surface area contributed by atoms with E-state index in [2.05, 4.69) is 10.3 Å². The first-order valence-corrected chi connectivity index (χ1v) is 7.36. The monoisotopic (exact) mass is 315 g/mol. The average Bonchev–Trinajstić information content (AvgIpc) is 3.08. The molecule has 0 radical (unpaired) electrons. The van der Waals surface area contributed by atoms with Gasteiger partial charge in [0, 0.05) is 5.75 Å². The highest BCUT2D eigenvalue weighted by atomic mass is 32.2. The predicted molar refractivity (Wildman–Crippen MR) is 71.7 cm³/mol. The van der Waals surface area contributed by atoms with E-state index in [1.807, 2.05) is 0 Å². The van der Waals surface area contributed by atoms with Crippen LogP contribution in [0.15, 0.2) is 30.5 Å². The SMILES string of the molecule is FC(F)(F)c1cccc(Cn2cc(C3OCCS3)nn2)c1. The second-order valence-electron chi connectivity index (χ2n) is 4.61. The van der Waals surface area contributed by atoms with Gasteiger partial charge in [-0.15, -0.1) is 16.9 Å². The van der Waals surface area contributed by atoms with Crippen LogP contribution in [0.1, 0.15) is 22.3 Å². The molecule has 0 saturated carbocycles. The highest BCUT2D eigenvalue weighted by molar-refractivity contribution is 7.99. The predicted octanol–water partition coefficient (Wildman–Crippen LogP) is 3.11. The minimum atomic E-state index is -4.34. The molecule has 1 fully saturated rings. The van der Waals surface area contributed by atoms with Crippen LogP contribution in [0.4, 0.5) is 13.2 Å². The van der Waals surface area contributed by atoms with E-state index in [4.69, 9.17) is 4.74 Å². The van der Waals surface area contributed by atoms with Gasteiger partial charge in [-0.2, -0.15) is 13.2 Å². The van der Waals surface area contributed by atoms with Gasteiger partial charge in [-0.05, 0) is 17.7 Å². The molecule has 4 nitrogen and oxygen atoms in total. The largest absolute Gasteiger partial charge is 0.416 e. The fourth-order valence-corrected chi connectivity index (χ4v) is 2.94. The van der Waals surface area contributed by atoms with Gasteiger partial charge in [0.15, 0.2) is 0 Å². The van der Waals surface area contributed by atoms with E-state index < -0.39 is 11.7 Å². The molecule has 1 aromatic heterocycles. The van der Waals surface area contributed by atoms with Crippen molar-refractivity contribution in [3.05, 3.63) is 47.3 Å². The lowest BCUT2D eigenvalue weighted by Crippen LogP contribution is -2.07. The smallest absolute Gasteiger partial charge is 0.360 e.